The highest BCUT2D eigenvalue weighted by Gasteiger charge is 2.46. The number of para-hydroxylation sites is 3. The number of fused-ring (bicyclic) bond motifs is 10. The van der Waals surface area contributed by atoms with Crippen LogP contribution in [0.1, 0.15) is 31.9 Å². The molecule has 3 aromatic heterocycles. The normalized spacial score (nSPS) is 13.1. The number of pyridine rings is 1. The van der Waals surface area contributed by atoms with Crippen LogP contribution in [0.5, 0.6) is 0 Å². The summed E-state index contributed by atoms with van der Waals surface area (Å²) in [5.74, 6) is 1.06. The molecule has 0 aliphatic carbocycles. The van der Waals surface area contributed by atoms with Crippen molar-refractivity contribution in [3.05, 3.63) is 205 Å². The lowest BCUT2D eigenvalue weighted by Crippen LogP contribution is -2.62. The van der Waals surface area contributed by atoms with Crippen molar-refractivity contribution in [3.8, 4) is 0 Å². The van der Waals surface area contributed by atoms with E-state index in [0.29, 0.717) is 0 Å². The number of aryl methyl sites for hydroxylation is 1. The molecule has 6 nitrogen and oxygen atoms in total. The topological polar surface area (TPSA) is 40.2 Å². The van der Waals surface area contributed by atoms with Gasteiger partial charge in [0.05, 0.1) is 17.0 Å². The Morgan fingerprint density at radius 3 is 2.09 bits per heavy atom. The number of benzene rings is 8. The van der Waals surface area contributed by atoms with Crippen LogP contribution in [0.3, 0.4) is 0 Å². The third-order valence-corrected chi connectivity index (χ3v) is 13.5. The molecule has 310 valence electrons. The van der Waals surface area contributed by atoms with Crippen LogP contribution in [0.2, 0.25) is 0 Å². The highest BCUT2D eigenvalue weighted by atomic mass is 16.3. The molecule has 5 heterocycles. The van der Waals surface area contributed by atoms with Gasteiger partial charge in [0, 0.05) is 56.5 Å². The number of imidazole rings is 1. The predicted octanol–water partition coefficient (Wildman–Crippen LogP) is 13.5. The Morgan fingerprint density at radius 1 is 0.569 bits per heavy atom. The minimum absolute atomic E-state index is 0.0179. The highest BCUT2D eigenvalue weighted by molar-refractivity contribution is 7.00. The minimum Gasteiger partial charge on any atom is -0.454 e. The quantitative estimate of drug-likeness (QED) is 0.162. The fraction of sp³-hybridized carbons (Fsp3) is 0.0862. The molecule has 0 saturated carbocycles. The van der Waals surface area contributed by atoms with Crippen LogP contribution >= 0.6 is 0 Å². The molecular formula is C58H44BN5O. The van der Waals surface area contributed by atoms with Crippen molar-refractivity contribution in [2.24, 2.45) is 0 Å². The Balaban J connectivity index is 1.13. The van der Waals surface area contributed by atoms with Crippen LogP contribution in [0.15, 0.2) is 199 Å². The second kappa shape index (κ2) is 14.0. The van der Waals surface area contributed by atoms with Gasteiger partial charge in [-0.25, -0.2) is 4.98 Å². The van der Waals surface area contributed by atoms with Gasteiger partial charge in [-0.2, -0.15) is 0 Å². The van der Waals surface area contributed by atoms with Crippen molar-refractivity contribution in [2.45, 2.75) is 33.1 Å². The zero-order chi connectivity index (χ0) is 43.6. The number of hydrogen-bond acceptors (Lipinski definition) is 5. The molecule has 0 amide bonds. The van der Waals surface area contributed by atoms with Crippen molar-refractivity contribution in [1.29, 1.82) is 0 Å². The number of hydrogen-bond donors (Lipinski definition) is 0. The first-order chi connectivity index (χ1) is 31.8. The van der Waals surface area contributed by atoms with E-state index in [1.54, 1.807) is 0 Å². The van der Waals surface area contributed by atoms with Gasteiger partial charge in [-0.05, 0) is 119 Å². The molecule has 0 radical (unpaired) electrons. The van der Waals surface area contributed by atoms with E-state index < -0.39 is 0 Å². The van der Waals surface area contributed by atoms with E-state index in [-0.39, 0.29) is 12.1 Å². The largest absolute Gasteiger partial charge is 0.454 e. The van der Waals surface area contributed by atoms with Gasteiger partial charge in [-0.3, -0.25) is 9.30 Å². The van der Waals surface area contributed by atoms with E-state index in [9.17, 15) is 0 Å². The van der Waals surface area contributed by atoms with Crippen LogP contribution < -0.4 is 31.2 Å². The summed E-state index contributed by atoms with van der Waals surface area (Å²) in [6.07, 6.45) is 2.15. The van der Waals surface area contributed by atoms with E-state index in [4.69, 9.17) is 9.40 Å². The molecule has 8 aromatic carbocycles. The summed E-state index contributed by atoms with van der Waals surface area (Å²) in [5, 5.41) is 4.57. The van der Waals surface area contributed by atoms with Crippen LogP contribution in [-0.2, 0) is 5.41 Å². The molecule has 2 aliphatic heterocycles. The fourth-order valence-electron chi connectivity index (χ4n) is 10.6. The number of aromatic nitrogens is 2. The van der Waals surface area contributed by atoms with Crippen LogP contribution in [0, 0.1) is 6.92 Å². The maximum absolute atomic E-state index is 6.91. The van der Waals surface area contributed by atoms with Gasteiger partial charge >= 0.3 is 0 Å². The van der Waals surface area contributed by atoms with E-state index in [2.05, 4.69) is 241 Å². The second-order valence-electron chi connectivity index (χ2n) is 18.5. The average Bonchev–Trinajstić information content (AvgIpc) is 3.91. The van der Waals surface area contributed by atoms with Gasteiger partial charge in [0.2, 0.25) is 0 Å². The van der Waals surface area contributed by atoms with E-state index in [1.165, 1.54) is 27.3 Å². The van der Waals surface area contributed by atoms with Gasteiger partial charge < -0.3 is 14.2 Å². The summed E-state index contributed by atoms with van der Waals surface area (Å²) in [7, 11) is 0. The van der Waals surface area contributed by atoms with Crippen molar-refractivity contribution in [2.75, 3.05) is 14.7 Å². The molecule has 13 rings (SSSR count). The highest BCUT2D eigenvalue weighted by Crippen LogP contribution is 2.49. The smallest absolute Gasteiger partial charge is 0.277 e. The second-order valence-corrected chi connectivity index (χ2v) is 18.5. The molecular weight excluding hydrogens is 793 g/mol. The molecule has 7 heteroatoms. The van der Waals surface area contributed by atoms with Gasteiger partial charge in [0.1, 0.15) is 17.0 Å². The SMILES string of the molecule is Cc1cc2c3c(c1)N(c1ccccc1)c1c(nc4ccccn14)B3c1ccc(N(c3ccc(C(C)(C)C)cc3)c3cccc4ccccc34)cc1N2c1cccc2c1oc1ccccc12. The van der Waals surface area contributed by atoms with Gasteiger partial charge in [0.15, 0.2) is 5.58 Å². The van der Waals surface area contributed by atoms with Gasteiger partial charge in [0.25, 0.3) is 6.71 Å². The van der Waals surface area contributed by atoms with Crippen molar-refractivity contribution >= 4 is 113 Å². The summed E-state index contributed by atoms with van der Waals surface area (Å²) in [6.45, 7) is 8.87. The molecule has 0 unspecified atom stereocenters. The maximum atomic E-state index is 6.91. The lowest BCUT2D eigenvalue weighted by atomic mass is 9.35. The van der Waals surface area contributed by atoms with E-state index in [0.717, 1.165) is 90.1 Å². The van der Waals surface area contributed by atoms with E-state index in [1.807, 2.05) is 0 Å². The standard InChI is InChI=1S/C58H44BN5O/c1-37-34-50-54-51(35-37)64(48-24-15-22-45-44-21-10-11-25-52(44)65-55(45)48)49-36-42(62(41-29-27-39(28-30-41)58(2,3)4)47-23-14-17-38-16-8-9-20-43(38)47)31-32-46(49)59(54)56-57(61-33-13-12-26-53(61)60-56)63(50)40-18-6-5-7-19-40/h5-36H,1-4H3. The van der Waals surface area contributed by atoms with Crippen LogP contribution in [-0.4, -0.2) is 16.1 Å². The molecule has 0 N–H and O–H groups in total. The summed E-state index contributed by atoms with van der Waals surface area (Å²) in [6, 6.07) is 68.2. The molecule has 0 spiro atoms. The molecule has 0 atom stereocenters. The van der Waals surface area contributed by atoms with Crippen LogP contribution in [0.4, 0.5) is 51.3 Å². The molecule has 11 aromatic rings. The third kappa shape index (κ3) is 5.64. The predicted molar refractivity (Wildman–Crippen MR) is 272 cm³/mol. The zero-order valence-electron chi connectivity index (χ0n) is 36.7. The molecule has 0 saturated heterocycles. The molecule has 65 heavy (non-hydrogen) atoms. The summed E-state index contributed by atoms with van der Waals surface area (Å²) >= 11 is 0. The number of anilines is 9. The van der Waals surface area contributed by atoms with Gasteiger partial charge in [-0.15, -0.1) is 0 Å². The van der Waals surface area contributed by atoms with Crippen molar-refractivity contribution in [1.82, 2.24) is 9.38 Å². The lowest BCUT2D eigenvalue weighted by Gasteiger charge is -2.43. The minimum atomic E-state index is -0.164. The first kappa shape index (κ1) is 37.5. The summed E-state index contributed by atoms with van der Waals surface area (Å²) in [4.78, 5) is 12.9. The first-order valence-corrected chi connectivity index (χ1v) is 22.5. The van der Waals surface area contributed by atoms with Gasteiger partial charge in [-0.1, -0.05) is 130 Å². The molecule has 2 aliphatic rings. The number of rotatable bonds is 5. The molecule has 0 bridgehead atoms. The van der Waals surface area contributed by atoms with Crippen molar-refractivity contribution in [3.63, 3.8) is 0 Å². The maximum Gasteiger partial charge on any atom is 0.277 e. The summed E-state index contributed by atoms with van der Waals surface area (Å²) in [5.41, 5.74) is 17.2. The monoisotopic (exact) mass is 837 g/mol. The fourth-order valence-corrected chi connectivity index (χ4v) is 10.6. The first-order valence-electron chi connectivity index (χ1n) is 22.5. The molecule has 0 fully saturated rings. The third-order valence-electron chi connectivity index (χ3n) is 13.5. The summed E-state index contributed by atoms with van der Waals surface area (Å²) < 4.78 is 9.16. The number of nitrogens with zero attached hydrogens (tertiary/aromatic N) is 5. The Bertz CT molecular complexity index is 3690. The van der Waals surface area contributed by atoms with Crippen molar-refractivity contribution < 1.29 is 4.42 Å². The van der Waals surface area contributed by atoms with E-state index >= 15 is 0 Å². The Morgan fingerprint density at radius 2 is 1.26 bits per heavy atom. The number of furan rings is 1. The Kier molecular flexibility index (Phi) is 8.07. The van der Waals surface area contributed by atoms with Crippen LogP contribution in [0.25, 0.3) is 38.4 Å². The lowest BCUT2D eigenvalue weighted by molar-refractivity contribution is 0.590. The Labute approximate surface area is 378 Å². The average molecular weight is 838 g/mol. The Hall–Kier alpha value is -8.03. The zero-order valence-corrected chi connectivity index (χ0v) is 36.7.